The van der Waals surface area contributed by atoms with E-state index in [1.54, 1.807) is 18.2 Å². The molecule has 0 aliphatic carbocycles. The minimum absolute atomic E-state index is 0. The second-order valence-corrected chi connectivity index (χ2v) is 92.9. The van der Waals surface area contributed by atoms with Gasteiger partial charge in [0.15, 0.2) is 86.4 Å². The van der Waals surface area contributed by atoms with Crippen molar-refractivity contribution in [1.29, 1.82) is 0 Å². The summed E-state index contributed by atoms with van der Waals surface area (Å²) in [5.41, 5.74) is 0. The molecule has 803 valence electrons. The number of aliphatic hydroxyl groups is 3. The molecule has 29 heteroatoms. The van der Waals surface area contributed by atoms with Gasteiger partial charge < -0.3 is 78.9 Å². The summed E-state index contributed by atoms with van der Waals surface area (Å²) in [6.07, 6.45) is 32.6. The fourth-order valence-corrected chi connectivity index (χ4v) is 21.3. The van der Waals surface area contributed by atoms with Gasteiger partial charge in [0, 0.05) is 36.1 Å². The molecule has 18 nitrogen and oxygen atoms in total. The molecule has 0 spiro atoms. The standard InChI is InChI=1S/2C20H42O3Si2.2C20H40O3Si2.C17H32O3Si.C8H14O3.2CH4.B.FH.H2/c1-12-17(21)18(23-25(10,11)20(5,6)7)15-13-14-16-22-24(8,9)19(2,3)4;3*1-12-17(22-24(8,9)19(2,3)4)18(15-13-14-16-21)23-25(10,11)20(5,6)7;1-9-14-15(20-17(5,6)19-14)12-10-11-13-18-21(7,8)16(2,3)4;1-4-6-7(5-9)11-8(2,3)10-6;;;;;/h2*12-13,15,17-18,21H,1,14,16H2,2-11H3;12-13,15-18H,1,14H2,2-11H3;12-14,16-18H,1,15H2,2-11H3;9-10,12,14-15H,1,11,13H2,2-8H3;4,6-7,9H,1,5H2,2-3H3;2*1H4;;2*1H/b3*15-13-;14-13+;12-10-;;;;;;/t2*17-,18-;2*17-,18+;14-,15-;6-,7-;;;;;/m001100...../s1/i;;;;;;;;;;1+1. The Kier molecular flexibility index (Phi) is 67.3. The Morgan fingerprint density at radius 3 is 0.934 bits per heavy atom. The van der Waals surface area contributed by atoms with E-state index < -0.39 is 92.5 Å². The molecule has 0 aromatic carbocycles. The van der Waals surface area contributed by atoms with Gasteiger partial charge in [-0.05, 0) is 223 Å². The highest BCUT2D eigenvalue weighted by Gasteiger charge is 2.50. The molecule has 136 heavy (non-hydrogen) atoms. The number of rotatable bonds is 44. The molecule has 2 saturated heterocycles. The number of carbonyl (C=O) groups is 2. The van der Waals surface area contributed by atoms with E-state index in [0.29, 0.717) is 25.9 Å². The predicted octanol–water partition coefficient (Wildman–Crippen LogP) is 30.6. The molecule has 0 aromatic heterocycles. The Hall–Kier alpha value is -2.21. The summed E-state index contributed by atoms with van der Waals surface area (Å²) < 4.78 is 80.8. The van der Waals surface area contributed by atoms with E-state index >= 15 is 0 Å². The van der Waals surface area contributed by atoms with Gasteiger partial charge >= 0.3 is 0 Å². The average Bonchev–Trinajstić information content (AvgIpc) is 1.72. The van der Waals surface area contributed by atoms with Crippen LogP contribution in [-0.4, -0.2) is 222 Å². The van der Waals surface area contributed by atoms with Crippen molar-refractivity contribution in [1.82, 2.24) is 0 Å². The van der Waals surface area contributed by atoms with Crippen molar-refractivity contribution in [3.8, 4) is 0 Å². The summed E-state index contributed by atoms with van der Waals surface area (Å²) in [7, 11) is -17.0. The molecule has 12 atom stereocenters. The molecule has 0 bridgehead atoms. The molecule has 3 N–H and O–H groups in total. The van der Waals surface area contributed by atoms with Crippen LogP contribution in [0.4, 0.5) is 4.70 Å². The number of ether oxygens (including phenoxy) is 4. The maximum absolute atomic E-state index is 10.7. The number of aliphatic hydroxyl groups excluding tert-OH is 3. The third-order valence-electron chi connectivity index (χ3n) is 28.5. The number of hydrogen-bond donors (Lipinski definition) is 3. The zero-order valence-corrected chi connectivity index (χ0v) is 104. The first-order chi connectivity index (χ1) is 58.9. The number of allylic oxidation sites excluding steroid dienone is 2. The van der Waals surface area contributed by atoms with E-state index in [1.807, 2.05) is 76.3 Å². The number of halogens is 1. The van der Waals surface area contributed by atoms with E-state index in [-0.39, 0.29) is 155 Å². The van der Waals surface area contributed by atoms with Crippen LogP contribution in [0.5, 0.6) is 0 Å². The first-order valence-corrected chi connectivity index (χ1v) is 74.7. The number of aldehydes is 2. The van der Waals surface area contributed by atoms with Crippen LogP contribution in [0.15, 0.2) is 137 Å². The van der Waals surface area contributed by atoms with Gasteiger partial charge in [0.1, 0.15) is 43.1 Å². The monoisotopic (exact) mass is 2080 g/mol. The molecule has 0 aromatic rings. The molecule has 2 aliphatic rings. The molecule has 0 saturated carbocycles. The largest absolute Gasteiger partial charge is 0.417 e. The highest BCUT2D eigenvalue weighted by atomic mass is 28.4. The van der Waals surface area contributed by atoms with E-state index in [4.69, 9.17) is 69.0 Å². The summed E-state index contributed by atoms with van der Waals surface area (Å²) >= 11 is 0. The average molecular weight is 2080 g/mol. The van der Waals surface area contributed by atoms with Gasteiger partial charge in [0.05, 0.1) is 49.3 Å². The quantitative estimate of drug-likeness (QED) is 0.0170. The summed E-state index contributed by atoms with van der Waals surface area (Å²) in [4.78, 5) is 21.4. The Morgan fingerprint density at radius 2 is 0.640 bits per heavy atom. The fraction of sp³-hybridized carbons (Fsp3) is 0.776. The summed E-state index contributed by atoms with van der Waals surface area (Å²) in [6, 6.07) is 0. The highest BCUT2D eigenvalue weighted by Crippen LogP contribution is 2.47. The molecule has 2 heterocycles. The van der Waals surface area contributed by atoms with Crippen LogP contribution >= 0.6 is 0 Å². The lowest BCUT2D eigenvalue weighted by Crippen LogP contribution is -2.51. The van der Waals surface area contributed by atoms with Gasteiger partial charge in [-0.25, -0.2) is 0 Å². The van der Waals surface area contributed by atoms with Crippen molar-refractivity contribution in [3.63, 3.8) is 0 Å². The second kappa shape index (κ2) is 61.4. The van der Waals surface area contributed by atoms with Gasteiger partial charge in [0.25, 0.3) is 0 Å². The lowest BCUT2D eigenvalue weighted by atomic mass is 10.1. The van der Waals surface area contributed by atoms with Crippen LogP contribution in [0, 0.1) is 0 Å². The fourth-order valence-electron chi connectivity index (χ4n) is 10.3. The Labute approximate surface area is 852 Å². The first-order valence-electron chi connectivity index (χ1n) is 48.5. The Bertz CT molecular complexity index is 3540. The molecule has 2 fully saturated rings. The second-order valence-electron chi connectivity index (χ2n) is 50.0. The first kappa shape index (κ1) is 149. The van der Waals surface area contributed by atoms with Crippen LogP contribution in [0.3, 0.4) is 0 Å². The molecule has 2 aliphatic heterocycles. The molecular weight excluding hydrogens is 1860 g/mol. The predicted molar refractivity (Wildman–Crippen MR) is 615 cm³/mol. The lowest BCUT2D eigenvalue weighted by Gasteiger charge is -2.44. The van der Waals surface area contributed by atoms with Crippen molar-refractivity contribution in [3.05, 3.63) is 137 Å². The molecule has 0 unspecified atom stereocenters. The van der Waals surface area contributed by atoms with E-state index in [0.717, 1.165) is 32.0 Å². The third-order valence-corrected chi connectivity index (χ3v) is 68.9. The maximum atomic E-state index is 10.7. The summed E-state index contributed by atoms with van der Waals surface area (Å²) in [6.45, 7) is 133. The van der Waals surface area contributed by atoms with E-state index in [1.165, 1.54) is 6.08 Å². The Balaban J connectivity index is -0.000000206. The van der Waals surface area contributed by atoms with E-state index in [2.05, 4.69) is 369 Å². The van der Waals surface area contributed by atoms with Gasteiger partial charge in [-0.15, -0.1) is 39.5 Å². The summed E-state index contributed by atoms with van der Waals surface area (Å²) in [5, 5.41) is 29.5. The zero-order chi connectivity index (χ0) is 105. The topological polar surface area (TPSA) is 215 Å². The minimum atomic E-state index is -1.98. The van der Waals surface area contributed by atoms with E-state index in [9.17, 15) is 14.7 Å². The van der Waals surface area contributed by atoms with Gasteiger partial charge in [-0.2, -0.15) is 0 Å². The van der Waals surface area contributed by atoms with Crippen LogP contribution in [0.1, 0.15) is 263 Å². The summed E-state index contributed by atoms with van der Waals surface area (Å²) in [5.74, 6) is -1.13. The normalized spacial score (nSPS) is 19.3. The number of hydrogen-bond acceptors (Lipinski definition) is 18. The Morgan fingerprint density at radius 1 is 0.360 bits per heavy atom. The molecule has 2 rings (SSSR count). The number of carbonyl (C=O) groups excluding carboxylic acids is 2. The van der Waals surface area contributed by atoms with Crippen molar-refractivity contribution in [2.45, 2.75) is 510 Å². The third kappa shape index (κ3) is 53.8. The smallest absolute Gasteiger partial charge is 0.193 e. The molecule has 3 radical (unpaired) electrons. The van der Waals surface area contributed by atoms with Crippen molar-refractivity contribution in [2.24, 2.45) is 0 Å². The zero-order valence-electron chi connectivity index (χ0n) is 95.4. The maximum Gasteiger partial charge on any atom is 0.193 e. The van der Waals surface area contributed by atoms with Crippen molar-refractivity contribution in [2.75, 3.05) is 26.4 Å². The van der Waals surface area contributed by atoms with Crippen LogP contribution in [0.2, 0.25) is 163 Å². The van der Waals surface area contributed by atoms with Crippen molar-refractivity contribution >= 4 is 95.8 Å². The SMILES string of the molecule is C.C.C=C[C@@H](O[Si](C)(C)C(C)(C)C)[C@H](/C=C\CC=O)O[Si](C)(C)C(C)(C)C.C=C[C@@H](O[Si](C)(C)C(C)(C)C)[C@H](C/C=C/C=O)O[Si](C)(C)C(C)(C)C.C=C[C@@H]1OC(C)(C)O[C@H]1/C=C\CCO[Si](C)(C)C(C)(C)C.C=C[C@@H]1OC(C)(C)O[C@H]1CO.C=C[C@H](O)[C@H](/C=C\CCO[Si](C)(C)C(C)(C)C)O[Si](C)(C)C(C)(C)C.C=C[C@H](O[Si](C)(C)C(C)(C)C)[C@H](/C=C\CCO)O[Si](C)(C)C(C)(C)C.F.[2HH].[B]. The van der Waals surface area contributed by atoms with Gasteiger partial charge in [-0.1, -0.05) is 293 Å². The highest BCUT2D eigenvalue weighted by molar-refractivity contribution is 6.77. The van der Waals surface area contributed by atoms with Crippen LogP contribution < -0.4 is 0 Å². The van der Waals surface area contributed by atoms with Gasteiger partial charge in [-0.3, -0.25) is 9.50 Å². The minimum Gasteiger partial charge on any atom is -0.417 e. The van der Waals surface area contributed by atoms with Gasteiger partial charge in [0.2, 0.25) is 0 Å². The van der Waals surface area contributed by atoms with Crippen molar-refractivity contribution < 1.29 is 89.8 Å². The molecular formula is C107H221BFO18Si9. The van der Waals surface area contributed by atoms with Crippen LogP contribution in [-0.2, 0) is 68.4 Å². The molecule has 0 amide bonds. The van der Waals surface area contributed by atoms with Crippen LogP contribution in [0.25, 0.3) is 0 Å². The lowest BCUT2D eigenvalue weighted by molar-refractivity contribution is -0.146.